The van der Waals surface area contributed by atoms with E-state index in [0.29, 0.717) is 0 Å². The highest BCUT2D eigenvalue weighted by Gasteiger charge is 2.46. The molecule has 0 unspecified atom stereocenters. The zero-order valence-corrected chi connectivity index (χ0v) is 36.9. The fourth-order valence-electron chi connectivity index (χ4n) is 7.62. The van der Waals surface area contributed by atoms with Crippen LogP contribution < -0.4 is 0 Å². The molecule has 2 N–H and O–H groups in total. The van der Waals surface area contributed by atoms with E-state index in [9.17, 15) is 0 Å². The Morgan fingerprint density at radius 3 is 1.27 bits per heavy atom. The number of rotatable bonds is 8. The number of benzene rings is 3. The quantitative estimate of drug-likeness (QED) is 0.150. The topological polar surface area (TPSA) is 75.8 Å². The third kappa shape index (κ3) is 7.63. The van der Waals surface area contributed by atoms with Crippen LogP contribution in [-0.4, -0.2) is 45.1 Å². The van der Waals surface area contributed by atoms with E-state index in [0.717, 1.165) is 87.9 Å². The maximum absolute atomic E-state index is 7.22. The third-order valence-electron chi connectivity index (χ3n) is 9.48. The van der Waals surface area contributed by atoms with E-state index in [-0.39, 0.29) is 0 Å². The molecule has 10 heteroatoms. The number of hydrogen-bond donors (Lipinski definition) is 2. The molecule has 0 saturated heterocycles. The summed E-state index contributed by atoms with van der Waals surface area (Å²) in [5.74, 6) is 0. The van der Waals surface area contributed by atoms with Gasteiger partial charge in [-0.05, 0) is 121 Å². The first kappa shape index (κ1) is 37.2. The molecule has 0 fully saturated rings. The molecule has 3 aromatic heterocycles. The summed E-state index contributed by atoms with van der Waals surface area (Å²) in [6, 6.07) is 40.1. The van der Waals surface area contributed by atoms with E-state index in [2.05, 4.69) is 199 Å². The van der Waals surface area contributed by atoms with Crippen LogP contribution in [0.1, 0.15) is 22.8 Å². The zero-order valence-electron chi connectivity index (χ0n) is 32.3. The third-order valence-corrected chi connectivity index (χ3v) is 19.7. The maximum atomic E-state index is 7.22. The molecule has 6 aromatic rings. The van der Waals surface area contributed by atoms with Crippen molar-refractivity contribution in [1.82, 2.24) is 19.9 Å². The molecule has 0 spiro atoms. The second-order valence-corrected chi connectivity index (χ2v) is 29.4. The van der Waals surface area contributed by atoms with Gasteiger partial charge in [0.15, 0.2) is 16.6 Å². The van der Waals surface area contributed by atoms with Crippen LogP contribution in [0.3, 0.4) is 0 Å². The minimum atomic E-state index is -3.06. The van der Waals surface area contributed by atoms with Gasteiger partial charge in [-0.1, -0.05) is 91.0 Å². The Morgan fingerprint density at radius 2 is 0.855 bits per heavy atom. The summed E-state index contributed by atoms with van der Waals surface area (Å²) in [5, 5.41) is 1.02. The normalized spacial score (nSPS) is 13.3. The highest BCUT2D eigenvalue weighted by molar-refractivity contribution is 9.10. The Bertz CT molecular complexity index is 2620. The van der Waals surface area contributed by atoms with Crippen molar-refractivity contribution in [3.63, 3.8) is 0 Å². The minimum absolute atomic E-state index is 0.827. The van der Waals surface area contributed by atoms with Crippen molar-refractivity contribution in [2.75, 3.05) is 0 Å². The summed E-state index contributed by atoms with van der Waals surface area (Å²) in [4.78, 5) is 18.6. The largest absolute Gasteiger partial charge is 0.433 e. The van der Waals surface area contributed by atoms with Crippen LogP contribution in [0.15, 0.2) is 120 Å². The summed E-state index contributed by atoms with van der Waals surface area (Å²) in [6.07, 6.45) is 6.50. The van der Waals surface area contributed by atoms with Crippen LogP contribution in [0.4, 0.5) is 0 Å². The van der Waals surface area contributed by atoms with Crippen molar-refractivity contribution in [3.8, 4) is 33.4 Å². The number of fused-ring (bicyclic) bond motifs is 8. The van der Waals surface area contributed by atoms with Crippen molar-refractivity contribution >= 4 is 86.6 Å². The van der Waals surface area contributed by atoms with Crippen LogP contribution in [0.2, 0.25) is 45.8 Å². The van der Waals surface area contributed by atoms with Gasteiger partial charge >= 0.3 is 8.56 Å². The van der Waals surface area contributed by atoms with E-state index >= 15 is 0 Å². The SMILES string of the molecule is C[Si](C)(C)O[Si](C)(O[Si](C)(C)C)C1=Cc2nc1c(Br)c1ccc([nH]1)c(-c1ccccc1)c1nc(c(-c3ccccc3)c3ccc([nH]3)c2-c2ccccc2)C=C1. The second kappa shape index (κ2) is 14.4. The summed E-state index contributed by atoms with van der Waals surface area (Å²) in [5.41, 5.74) is 13.5. The molecule has 0 saturated carbocycles. The molecule has 5 heterocycles. The van der Waals surface area contributed by atoms with Crippen molar-refractivity contribution in [1.29, 1.82) is 0 Å². The van der Waals surface area contributed by atoms with Crippen LogP contribution >= 0.6 is 15.9 Å². The number of nitrogens with one attached hydrogen (secondary N) is 2. The molecular formula is C45H45BrN4O2Si3. The molecule has 55 heavy (non-hydrogen) atoms. The van der Waals surface area contributed by atoms with Crippen molar-refractivity contribution in [2.24, 2.45) is 0 Å². The second-order valence-electron chi connectivity index (χ2n) is 16.1. The predicted octanol–water partition coefficient (Wildman–Crippen LogP) is 13.1. The smallest absolute Gasteiger partial charge is 0.351 e. The summed E-state index contributed by atoms with van der Waals surface area (Å²) in [7, 11) is -7.26. The van der Waals surface area contributed by atoms with Crippen LogP contribution in [0, 0.1) is 0 Å². The van der Waals surface area contributed by atoms with Gasteiger partial charge in [0.1, 0.15) is 0 Å². The lowest BCUT2D eigenvalue weighted by Gasteiger charge is -2.39. The first-order chi connectivity index (χ1) is 26.3. The van der Waals surface area contributed by atoms with Gasteiger partial charge in [0.05, 0.1) is 32.8 Å². The predicted molar refractivity (Wildman–Crippen MR) is 242 cm³/mol. The first-order valence-electron chi connectivity index (χ1n) is 18.7. The lowest BCUT2D eigenvalue weighted by atomic mass is 10.0. The van der Waals surface area contributed by atoms with Gasteiger partial charge < -0.3 is 18.2 Å². The Kier molecular flexibility index (Phi) is 9.77. The van der Waals surface area contributed by atoms with E-state index < -0.39 is 25.2 Å². The number of H-pyrrole nitrogens is 2. The van der Waals surface area contributed by atoms with Gasteiger partial charge in [-0.2, -0.15) is 0 Å². The van der Waals surface area contributed by atoms with E-state index in [1.807, 2.05) is 6.07 Å². The molecule has 2 aliphatic heterocycles. The average molecular weight is 838 g/mol. The number of halogens is 1. The van der Waals surface area contributed by atoms with Gasteiger partial charge in [0.25, 0.3) is 0 Å². The molecule has 8 bridgehead atoms. The monoisotopic (exact) mass is 836 g/mol. The number of aromatic amines is 2. The Morgan fingerprint density at radius 1 is 0.473 bits per heavy atom. The number of aromatic nitrogens is 4. The Labute approximate surface area is 334 Å². The van der Waals surface area contributed by atoms with Crippen LogP contribution in [0.5, 0.6) is 0 Å². The molecule has 0 atom stereocenters. The Balaban J connectivity index is 1.57. The fourth-order valence-corrected chi connectivity index (χ4v) is 20.1. The lowest BCUT2D eigenvalue weighted by Crippen LogP contribution is -2.53. The Hall–Kier alpha value is -4.69. The molecule has 3 aromatic carbocycles. The van der Waals surface area contributed by atoms with E-state index in [4.69, 9.17) is 18.2 Å². The van der Waals surface area contributed by atoms with Gasteiger partial charge in [0, 0.05) is 38.4 Å². The highest BCUT2D eigenvalue weighted by Crippen LogP contribution is 2.43. The minimum Gasteiger partial charge on any atom is -0.433 e. The molecule has 0 aliphatic carbocycles. The lowest BCUT2D eigenvalue weighted by molar-refractivity contribution is 0.406. The standard InChI is InChI=1S/C45H45BrN4O2Si3/c1-53(2,3)51-55(7,52-54(4,5)6)40-29-39-43(32-21-15-10-16-22-32)37-26-25-34(48-37)41(30-17-11-8-12-18-30)33-23-24-35(47-33)42(31-19-13-9-14-20-31)36-27-28-38(49-36)44(46)45(40)50-39/h8-29,48-49H,1-7H3. The average Bonchev–Trinajstić information content (AvgIpc) is 3.97. The van der Waals surface area contributed by atoms with Crippen molar-refractivity contribution in [2.45, 2.75) is 45.8 Å². The number of nitrogens with zero attached hydrogens (tertiary/aromatic N) is 2. The van der Waals surface area contributed by atoms with Crippen molar-refractivity contribution < 1.29 is 8.23 Å². The van der Waals surface area contributed by atoms with Crippen LogP contribution in [0.25, 0.3) is 78.9 Å². The van der Waals surface area contributed by atoms with Gasteiger partial charge in [-0.25, -0.2) is 9.97 Å². The highest BCUT2D eigenvalue weighted by atomic mass is 79.9. The van der Waals surface area contributed by atoms with Crippen LogP contribution in [-0.2, 0) is 8.23 Å². The summed E-state index contributed by atoms with van der Waals surface area (Å²) in [6.45, 7) is 15.7. The molecule has 8 rings (SSSR count). The van der Waals surface area contributed by atoms with Gasteiger partial charge in [-0.3, -0.25) is 0 Å². The maximum Gasteiger partial charge on any atom is 0.351 e. The molecular weight excluding hydrogens is 793 g/mol. The summed E-state index contributed by atoms with van der Waals surface area (Å²) >= 11 is 4.10. The van der Waals surface area contributed by atoms with Crippen molar-refractivity contribution in [3.05, 3.63) is 143 Å². The zero-order chi connectivity index (χ0) is 38.5. The first-order valence-corrected chi connectivity index (χ1v) is 28.6. The molecule has 6 nitrogen and oxygen atoms in total. The van der Waals surface area contributed by atoms with Gasteiger partial charge in [-0.15, -0.1) is 0 Å². The molecule has 276 valence electrons. The molecule has 0 amide bonds. The summed E-state index contributed by atoms with van der Waals surface area (Å²) < 4.78 is 15.3. The van der Waals surface area contributed by atoms with Gasteiger partial charge in [0.2, 0.25) is 0 Å². The number of hydrogen-bond acceptors (Lipinski definition) is 4. The van der Waals surface area contributed by atoms with E-state index in [1.54, 1.807) is 0 Å². The molecule has 0 radical (unpaired) electrons. The molecule has 2 aliphatic rings. The fraction of sp³-hybridized carbons (Fsp3) is 0.156. The van der Waals surface area contributed by atoms with E-state index in [1.165, 1.54) is 0 Å².